The van der Waals surface area contributed by atoms with Crippen molar-refractivity contribution in [1.29, 1.82) is 0 Å². The Balaban J connectivity index is 2.92. The van der Waals surface area contributed by atoms with Crippen LogP contribution in [-0.4, -0.2) is 22.7 Å². The first-order chi connectivity index (χ1) is 6.91. The average Bonchev–Trinajstić information content (AvgIpc) is 2.13. The summed E-state index contributed by atoms with van der Waals surface area (Å²) in [6, 6.07) is 1.68. The number of hydrogen-bond donors (Lipinski definition) is 1. The summed E-state index contributed by atoms with van der Waals surface area (Å²) in [5.41, 5.74) is 0.800. The zero-order valence-corrected chi connectivity index (χ0v) is 9.15. The van der Waals surface area contributed by atoms with E-state index in [-0.39, 0.29) is 12.0 Å². The molecule has 0 aromatic carbocycles. The lowest BCUT2D eigenvalue weighted by atomic mass is 9.88. The minimum Gasteiger partial charge on any atom is -0.481 e. The van der Waals surface area contributed by atoms with E-state index in [1.807, 2.05) is 20.8 Å². The van der Waals surface area contributed by atoms with Gasteiger partial charge in [-0.05, 0) is 11.5 Å². The van der Waals surface area contributed by atoms with Crippen molar-refractivity contribution < 1.29 is 14.6 Å². The number of carboxylic acid groups (broad SMARTS) is 1. The van der Waals surface area contributed by atoms with Crippen LogP contribution in [0.4, 0.5) is 0 Å². The molecule has 0 amide bonds. The number of carbonyl (C=O) groups is 1. The van der Waals surface area contributed by atoms with Gasteiger partial charge in [-0.15, -0.1) is 0 Å². The number of ether oxygens (including phenoxy) is 1. The third-order valence-electron chi connectivity index (χ3n) is 1.94. The van der Waals surface area contributed by atoms with Gasteiger partial charge in [-0.25, -0.2) is 4.79 Å². The minimum atomic E-state index is -0.980. The van der Waals surface area contributed by atoms with E-state index in [0.29, 0.717) is 5.75 Å². The van der Waals surface area contributed by atoms with Gasteiger partial charge in [0.25, 0.3) is 0 Å². The molecule has 0 aliphatic rings. The van der Waals surface area contributed by atoms with Gasteiger partial charge >= 0.3 is 5.97 Å². The van der Waals surface area contributed by atoms with Crippen LogP contribution >= 0.6 is 0 Å². The Hall–Kier alpha value is -1.58. The highest BCUT2D eigenvalue weighted by Crippen LogP contribution is 2.29. The van der Waals surface area contributed by atoms with Crippen LogP contribution in [0, 0.1) is 0 Å². The molecule has 0 saturated carbocycles. The first-order valence-corrected chi connectivity index (χ1v) is 4.70. The zero-order chi connectivity index (χ0) is 11.5. The van der Waals surface area contributed by atoms with Crippen molar-refractivity contribution in [3.8, 4) is 5.75 Å². The maximum atomic E-state index is 10.4. The van der Waals surface area contributed by atoms with Gasteiger partial charge in [0.2, 0.25) is 0 Å². The second-order valence-corrected chi connectivity index (χ2v) is 4.30. The summed E-state index contributed by atoms with van der Waals surface area (Å²) in [5.74, 6) is -0.397. The molecule has 0 unspecified atom stereocenters. The number of aromatic nitrogens is 1. The molecule has 0 radical (unpaired) electrons. The van der Waals surface area contributed by atoms with Gasteiger partial charge in [-0.2, -0.15) is 0 Å². The molecule has 4 nitrogen and oxygen atoms in total. The molecule has 0 aliphatic heterocycles. The molecular formula is C11H15NO3. The van der Waals surface area contributed by atoms with E-state index in [1.165, 1.54) is 0 Å². The van der Waals surface area contributed by atoms with Crippen LogP contribution in [0.15, 0.2) is 18.5 Å². The number of hydrogen-bond acceptors (Lipinski definition) is 3. The number of rotatable bonds is 3. The topological polar surface area (TPSA) is 59.4 Å². The zero-order valence-electron chi connectivity index (χ0n) is 9.15. The summed E-state index contributed by atoms with van der Waals surface area (Å²) in [6.45, 7) is 5.75. The summed E-state index contributed by atoms with van der Waals surface area (Å²) in [7, 11) is 0. The second-order valence-electron chi connectivity index (χ2n) is 4.30. The highest BCUT2D eigenvalue weighted by Gasteiger charge is 2.19. The highest BCUT2D eigenvalue weighted by molar-refractivity contribution is 5.68. The van der Waals surface area contributed by atoms with Crippen LogP contribution < -0.4 is 4.74 Å². The molecule has 1 rings (SSSR count). The molecule has 0 spiro atoms. The molecule has 0 bridgehead atoms. The van der Waals surface area contributed by atoms with Gasteiger partial charge in [0.15, 0.2) is 6.61 Å². The van der Waals surface area contributed by atoms with Crippen LogP contribution in [0.25, 0.3) is 0 Å². The Bertz CT molecular complexity index is 355. The van der Waals surface area contributed by atoms with Crippen molar-refractivity contribution in [2.45, 2.75) is 26.2 Å². The van der Waals surface area contributed by atoms with E-state index in [4.69, 9.17) is 9.84 Å². The highest BCUT2D eigenvalue weighted by atomic mass is 16.5. The molecule has 82 valence electrons. The quantitative estimate of drug-likeness (QED) is 0.825. The van der Waals surface area contributed by atoms with Crippen LogP contribution in [-0.2, 0) is 10.2 Å². The lowest BCUT2D eigenvalue weighted by molar-refractivity contribution is -0.139. The van der Waals surface area contributed by atoms with E-state index in [1.54, 1.807) is 18.5 Å². The predicted molar refractivity (Wildman–Crippen MR) is 56.1 cm³/mol. The summed E-state index contributed by atoms with van der Waals surface area (Å²) < 4.78 is 5.19. The summed E-state index contributed by atoms with van der Waals surface area (Å²) in [5, 5.41) is 8.53. The molecule has 0 aliphatic carbocycles. The van der Waals surface area contributed by atoms with E-state index in [0.717, 1.165) is 5.56 Å². The fourth-order valence-corrected chi connectivity index (χ4v) is 1.21. The number of pyridine rings is 1. The molecule has 1 heterocycles. The molecule has 1 aromatic rings. The third kappa shape index (κ3) is 3.23. The summed E-state index contributed by atoms with van der Waals surface area (Å²) in [6.07, 6.45) is 3.30. The van der Waals surface area contributed by atoms with E-state index in [9.17, 15) is 4.79 Å². The van der Waals surface area contributed by atoms with Gasteiger partial charge in [-0.3, -0.25) is 4.98 Å². The van der Waals surface area contributed by atoms with E-state index < -0.39 is 5.97 Å². The van der Waals surface area contributed by atoms with Crippen molar-refractivity contribution >= 4 is 5.97 Å². The van der Waals surface area contributed by atoms with Gasteiger partial charge < -0.3 is 9.84 Å². The largest absolute Gasteiger partial charge is 0.481 e. The molecule has 4 heteroatoms. The van der Waals surface area contributed by atoms with Crippen LogP contribution in [0.2, 0.25) is 0 Å². The standard InChI is InChI=1S/C11H15NO3/c1-11(2,3)8-6-12-5-4-9(8)15-7-10(13)14/h4-6H,7H2,1-3H3,(H,13,14). The van der Waals surface area contributed by atoms with Gasteiger partial charge in [0.05, 0.1) is 0 Å². The molecule has 1 aromatic heterocycles. The predicted octanol–water partition coefficient (Wildman–Crippen LogP) is 1.84. The van der Waals surface area contributed by atoms with Crippen LogP contribution in [0.1, 0.15) is 26.3 Å². The van der Waals surface area contributed by atoms with Gasteiger partial charge in [-0.1, -0.05) is 20.8 Å². The molecule has 0 saturated heterocycles. The summed E-state index contributed by atoms with van der Waals surface area (Å²) in [4.78, 5) is 14.4. The second kappa shape index (κ2) is 4.29. The van der Waals surface area contributed by atoms with Gasteiger partial charge in [0.1, 0.15) is 5.75 Å². The fourth-order valence-electron chi connectivity index (χ4n) is 1.21. The number of nitrogens with zero attached hydrogens (tertiary/aromatic N) is 1. The fraction of sp³-hybridized carbons (Fsp3) is 0.455. The summed E-state index contributed by atoms with van der Waals surface area (Å²) >= 11 is 0. The first-order valence-electron chi connectivity index (χ1n) is 4.70. The SMILES string of the molecule is CC(C)(C)c1cnccc1OCC(=O)O. The smallest absolute Gasteiger partial charge is 0.341 e. The Kier molecular flexibility index (Phi) is 3.29. The van der Waals surface area contributed by atoms with Crippen molar-refractivity contribution in [2.24, 2.45) is 0 Å². The average molecular weight is 209 g/mol. The Morgan fingerprint density at radius 3 is 2.73 bits per heavy atom. The molecule has 0 atom stereocenters. The minimum absolute atomic E-state index is 0.109. The first kappa shape index (κ1) is 11.5. The Labute approximate surface area is 88.9 Å². The normalized spacial score (nSPS) is 11.1. The van der Waals surface area contributed by atoms with Crippen LogP contribution in [0.5, 0.6) is 5.75 Å². The van der Waals surface area contributed by atoms with Crippen molar-refractivity contribution in [3.05, 3.63) is 24.0 Å². The molecule has 1 N–H and O–H groups in total. The maximum absolute atomic E-state index is 10.4. The van der Waals surface area contributed by atoms with E-state index in [2.05, 4.69) is 4.98 Å². The number of aliphatic carboxylic acids is 1. The van der Waals surface area contributed by atoms with Gasteiger partial charge in [0, 0.05) is 18.0 Å². The maximum Gasteiger partial charge on any atom is 0.341 e. The third-order valence-corrected chi connectivity index (χ3v) is 1.94. The number of carboxylic acids is 1. The monoisotopic (exact) mass is 209 g/mol. The van der Waals surface area contributed by atoms with Crippen LogP contribution in [0.3, 0.4) is 0 Å². The Morgan fingerprint density at radius 2 is 2.20 bits per heavy atom. The molecular weight excluding hydrogens is 194 g/mol. The Morgan fingerprint density at radius 1 is 1.53 bits per heavy atom. The lowest BCUT2D eigenvalue weighted by Gasteiger charge is -2.21. The van der Waals surface area contributed by atoms with E-state index >= 15 is 0 Å². The van der Waals surface area contributed by atoms with Crippen molar-refractivity contribution in [3.63, 3.8) is 0 Å². The molecule has 15 heavy (non-hydrogen) atoms. The van der Waals surface area contributed by atoms with Crippen molar-refractivity contribution in [1.82, 2.24) is 4.98 Å². The molecule has 0 fully saturated rings. The lowest BCUT2D eigenvalue weighted by Crippen LogP contribution is -2.16. The van der Waals surface area contributed by atoms with Crippen molar-refractivity contribution in [2.75, 3.05) is 6.61 Å².